The van der Waals surface area contributed by atoms with E-state index < -0.39 is 0 Å². The lowest BCUT2D eigenvalue weighted by Crippen LogP contribution is -2.40. The number of rotatable bonds is 7. The van der Waals surface area contributed by atoms with Gasteiger partial charge in [0, 0.05) is 23.7 Å². The Morgan fingerprint density at radius 2 is 1.47 bits per heavy atom. The number of fused-ring (bicyclic) bond motifs is 1. The summed E-state index contributed by atoms with van der Waals surface area (Å²) >= 11 is 0. The van der Waals surface area contributed by atoms with Gasteiger partial charge in [-0.1, -0.05) is 92.7 Å². The van der Waals surface area contributed by atoms with Gasteiger partial charge in [0.1, 0.15) is 5.75 Å². The number of methoxy groups -OCH3 is 1. The first-order valence-electron chi connectivity index (χ1n) is 12.7. The van der Waals surface area contributed by atoms with Gasteiger partial charge in [-0.2, -0.15) is 0 Å². The van der Waals surface area contributed by atoms with E-state index in [0.717, 1.165) is 35.3 Å². The lowest BCUT2D eigenvalue weighted by Gasteiger charge is -2.30. The topological polar surface area (TPSA) is 29.5 Å². The first-order chi connectivity index (χ1) is 17.5. The molecule has 1 amide bonds. The highest BCUT2D eigenvalue weighted by atomic mass is 16.5. The molecule has 3 heteroatoms. The van der Waals surface area contributed by atoms with E-state index in [1.54, 1.807) is 7.11 Å². The van der Waals surface area contributed by atoms with Crippen LogP contribution < -0.4 is 4.74 Å². The van der Waals surface area contributed by atoms with Crippen LogP contribution in [0.5, 0.6) is 5.75 Å². The maximum Gasteiger partial charge on any atom is 0.255 e. The molecule has 36 heavy (non-hydrogen) atoms. The molecule has 0 aromatic heterocycles. The van der Waals surface area contributed by atoms with Gasteiger partial charge >= 0.3 is 0 Å². The highest BCUT2D eigenvalue weighted by molar-refractivity contribution is 6.01. The van der Waals surface area contributed by atoms with Crippen LogP contribution in [0.1, 0.15) is 52.4 Å². The lowest BCUT2D eigenvalue weighted by molar-refractivity contribution is 0.0668. The van der Waals surface area contributed by atoms with Crippen molar-refractivity contribution >= 4 is 5.91 Å². The van der Waals surface area contributed by atoms with Crippen LogP contribution in [0.25, 0.3) is 11.1 Å². The zero-order valence-electron chi connectivity index (χ0n) is 21.3. The summed E-state index contributed by atoms with van der Waals surface area (Å²) in [7, 11) is 1.69. The zero-order valence-corrected chi connectivity index (χ0v) is 21.3. The lowest BCUT2D eigenvalue weighted by atomic mass is 9.93. The number of amides is 1. The fraction of sp³-hybridized carbons (Fsp3) is 0.242. The minimum absolute atomic E-state index is 0.0595. The Morgan fingerprint density at radius 1 is 0.833 bits per heavy atom. The van der Waals surface area contributed by atoms with Crippen molar-refractivity contribution in [3.63, 3.8) is 0 Å². The van der Waals surface area contributed by atoms with Crippen molar-refractivity contribution in [2.45, 2.75) is 45.2 Å². The summed E-state index contributed by atoms with van der Waals surface area (Å²) in [4.78, 5) is 16.5. The SMILES string of the molecule is COc1ccc(C(C)C)cc1-c1ccccc1C(=O)N(Cc1ccccc1)C1Cc2ccccc2C1. The maximum absolute atomic E-state index is 14.4. The highest BCUT2D eigenvalue weighted by Crippen LogP contribution is 2.36. The van der Waals surface area contributed by atoms with Crippen molar-refractivity contribution in [3.8, 4) is 16.9 Å². The largest absolute Gasteiger partial charge is 0.496 e. The fourth-order valence-corrected chi connectivity index (χ4v) is 5.26. The maximum atomic E-state index is 14.4. The Kier molecular flexibility index (Phi) is 6.90. The second-order valence-electron chi connectivity index (χ2n) is 9.91. The van der Waals surface area contributed by atoms with Crippen LogP contribution in [0.4, 0.5) is 0 Å². The number of carbonyl (C=O) groups excluding carboxylic acids is 1. The molecule has 1 aliphatic rings. The van der Waals surface area contributed by atoms with Gasteiger partial charge in [0.15, 0.2) is 0 Å². The third-order valence-electron chi connectivity index (χ3n) is 7.26. The van der Waals surface area contributed by atoms with Crippen molar-refractivity contribution in [2.75, 3.05) is 7.11 Å². The van der Waals surface area contributed by atoms with Gasteiger partial charge in [0.2, 0.25) is 0 Å². The number of ether oxygens (including phenoxy) is 1. The molecule has 0 fully saturated rings. The van der Waals surface area contributed by atoms with Crippen LogP contribution in [0.15, 0.2) is 97.1 Å². The van der Waals surface area contributed by atoms with Gasteiger partial charge in [-0.15, -0.1) is 0 Å². The predicted octanol–water partition coefficient (Wildman–Crippen LogP) is 7.30. The quantitative estimate of drug-likeness (QED) is 0.281. The van der Waals surface area contributed by atoms with E-state index in [4.69, 9.17) is 4.74 Å². The van der Waals surface area contributed by atoms with Crippen molar-refractivity contribution < 1.29 is 9.53 Å². The summed E-state index contributed by atoms with van der Waals surface area (Å²) in [5.74, 6) is 1.22. The van der Waals surface area contributed by atoms with Crippen LogP contribution >= 0.6 is 0 Å². The van der Waals surface area contributed by atoms with Gasteiger partial charge < -0.3 is 9.64 Å². The molecule has 0 atom stereocenters. The first-order valence-corrected chi connectivity index (χ1v) is 12.7. The van der Waals surface area contributed by atoms with Crippen LogP contribution in [0.2, 0.25) is 0 Å². The van der Waals surface area contributed by atoms with E-state index in [-0.39, 0.29) is 11.9 Å². The zero-order chi connectivity index (χ0) is 25.1. The Balaban J connectivity index is 1.57. The molecular weight excluding hydrogens is 442 g/mol. The molecule has 0 saturated carbocycles. The molecule has 0 unspecified atom stereocenters. The number of hydrogen-bond acceptors (Lipinski definition) is 2. The Hall–Kier alpha value is -3.85. The molecule has 0 aliphatic heterocycles. The van der Waals surface area contributed by atoms with Crippen LogP contribution in [-0.2, 0) is 19.4 Å². The highest BCUT2D eigenvalue weighted by Gasteiger charge is 2.31. The smallest absolute Gasteiger partial charge is 0.255 e. The summed E-state index contributed by atoms with van der Waals surface area (Å²) in [6, 6.07) is 33.2. The van der Waals surface area contributed by atoms with E-state index in [9.17, 15) is 4.79 Å². The van der Waals surface area contributed by atoms with E-state index in [1.165, 1.54) is 16.7 Å². The second-order valence-corrected chi connectivity index (χ2v) is 9.91. The summed E-state index contributed by atoms with van der Waals surface area (Å²) in [6.07, 6.45) is 1.76. The third-order valence-corrected chi connectivity index (χ3v) is 7.26. The van der Waals surface area contributed by atoms with Crippen LogP contribution in [-0.4, -0.2) is 24.0 Å². The molecule has 4 aromatic rings. The molecule has 3 nitrogen and oxygen atoms in total. The molecular formula is C33H33NO2. The van der Waals surface area contributed by atoms with Crippen molar-refractivity contribution in [1.82, 2.24) is 4.90 Å². The molecule has 0 heterocycles. The number of benzene rings is 4. The molecule has 5 rings (SSSR count). The molecule has 4 aromatic carbocycles. The molecule has 1 aliphatic carbocycles. The van der Waals surface area contributed by atoms with Gasteiger partial charge in [0.25, 0.3) is 5.91 Å². The molecule has 182 valence electrons. The Labute approximate surface area is 214 Å². The van der Waals surface area contributed by atoms with Gasteiger partial charge in [-0.05, 0) is 64.8 Å². The summed E-state index contributed by atoms with van der Waals surface area (Å²) in [6.45, 7) is 4.94. The number of carbonyl (C=O) groups is 1. The molecule has 0 N–H and O–H groups in total. The van der Waals surface area contributed by atoms with Gasteiger partial charge in [0.05, 0.1) is 7.11 Å². The summed E-state index contributed by atoms with van der Waals surface area (Å²) < 4.78 is 5.74. The average Bonchev–Trinajstić information content (AvgIpc) is 3.35. The van der Waals surface area contributed by atoms with Crippen molar-refractivity contribution in [1.29, 1.82) is 0 Å². The van der Waals surface area contributed by atoms with E-state index in [2.05, 4.69) is 67.3 Å². The molecule has 0 radical (unpaired) electrons. The van der Waals surface area contributed by atoms with Crippen LogP contribution in [0, 0.1) is 0 Å². The number of hydrogen-bond donors (Lipinski definition) is 0. The Bertz CT molecular complexity index is 1330. The van der Waals surface area contributed by atoms with Gasteiger partial charge in [-0.25, -0.2) is 0 Å². The average molecular weight is 476 g/mol. The molecule has 0 saturated heterocycles. The second kappa shape index (κ2) is 10.4. The normalized spacial score (nSPS) is 13.0. The van der Waals surface area contributed by atoms with E-state index in [1.807, 2.05) is 48.5 Å². The minimum atomic E-state index is 0.0595. The van der Waals surface area contributed by atoms with E-state index in [0.29, 0.717) is 18.0 Å². The standard InChI is InChI=1S/C33H33NO2/c1-23(2)25-17-18-32(36-3)31(21-25)29-15-9-10-16-30(29)33(35)34(22-24-11-5-4-6-12-24)28-19-26-13-7-8-14-27(26)20-28/h4-18,21,23,28H,19-20,22H2,1-3H3. The first kappa shape index (κ1) is 23.9. The monoisotopic (exact) mass is 475 g/mol. The van der Waals surface area contributed by atoms with Crippen LogP contribution in [0.3, 0.4) is 0 Å². The minimum Gasteiger partial charge on any atom is -0.496 e. The summed E-state index contributed by atoms with van der Waals surface area (Å²) in [5, 5.41) is 0. The summed E-state index contributed by atoms with van der Waals surface area (Å²) in [5.41, 5.74) is 7.63. The van der Waals surface area contributed by atoms with Gasteiger partial charge in [-0.3, -0.25) is 4.79 Å². The number of nitrogens with zero attached hydrogens (tertiary/aromatic N) is 1. The Morgan fingerprint density at radius 3 is 2.14 bits per heavy atom. The fourth-order valence-electron chi connectivity index (χ4n) is 5.26. The van der Waals surface area contributed by atoms with Crippen molar-refractivity contribution in [3.05, 3.63) is 125 Å². The van der Waals surface area contributed by atoms with Crippen molar-refractivity contribution in [2.24, 2.45) is 0 Å². The molecule has 0 spiro atoms. The van der Waals surface area contributed by atoms with E-state index >= 15 is 0 Å². The predicted molar refractivity (Wildman–Crippen MR) is 146 cm³/mol. The third kappa shape index (κ3) is 4.79. The molecule has 0 bridgehead atoms.